The molecule has 1 aromatic heterocycles. The van der Waals surface area contributed by atoms with Gasteiger partial charge >= 0.3 is 0 Å². The van der Waals surface area contributed by atoms with Crippen molar-refractivity contribution >= 4 is 26.9 Å². The van der Waals surface area contributed by atoms with Crippen LogP contribution in [0.25, 0.3) is 11.0 Å². The van der Waals surface area contributed by atoms with Crippen LogP contribution in [0.2, 0.25) is 0 Å². The minimum Gasteiger partial charge on any atom is -0.463 e. The molecule has 0 saturated heterocycles. The van der Waals surface area contributed by atoms with Crippen molar-refractivity contribution in [3.8, 4) is 0 Å². The van der Waals surface area contributed by atoms with E-state index in [4.69, 9.17) is 10.2 Å². The number of halogens is 1. The van der Waals surface area contributed by atoms with E-state index in [0.717, 1.165) is 15.4 Å². The molecule has 0 atom stereocenters. The molecule has 0 unspecified atom stereocenters. The van der Waals surface area contributed by atoms with Crippen LogP contribution in [0.15, 0.2) is 33.4 Å². The van der Waals surface area contributed by atoms with Crippen LogP contribution in [-0.4, -0.2) is 6.54 Å². The first-order chi connectivity index (χ1) is 8.27. The van der Waals surface area contributed by atoms with Gasteiger partial charge in [-0.15, -0.1) is 0 Å². The molecule has 90 valence electrons. The third-order valence-electron chi connectivity index (χ3n) is 4.08. The fourth-order valence-corrected chi connectivity index (χ4v) is 3.48. The van der Waals surface area contributed by atoms with E-state index in [1.807, 2.05) is 0 Å². The van der Waals surface area contributed by atoms with Gasteiger partial charge in [0.2, 0.25) is 0 Å². The summed E-state index contributed by atoms with van der Waals surface area (Å²) in [5, 5.41) is 1.15. The lowest BCUT2D eigenvalue weighted by molar-refractivity contribution is 0.448. The second-order valence-electron chi connectivity index (χ2n) is 4.96. The first kappa shape index (κ1) is 11.3. The molecule has 2 N–H and O–H groups in total. The topological polar surface area (TPSA) is 39.2 Å². The van der Waals surface area contributed by atoms with Gasteiger partial charge in [-0.25, -0.2) is 0 Å². The van der Waals surface area contributed by atoms with E-state index in [2.05, 4.69) is 34.1 Å². The Bertz CT molecular complexity index is 540. The van der Waals surface area contributed by atoms with Crippen LogP contribution in [-0.2, 0) is 5.41 Å². The van der Waals surface area contributed by atoms with Crippen molar-refractivity contribution in [1.82, 2.24) is 0 Å². The molecular weight excluding hydrogens is 278 g/mol. The zero-order valence-electron chi connectivity index (χ0n) is 9.71. The first-order valence-corrected chi connectivity index (χ1v) is 6.92. The molecule has 1 aliphatic carbocycles. The Morgan fingerprint density at radius 2 is 2.06 bits per heavy atom. The number of nitrogens with two attached hydrogens (primary N) is 1. The Balaban J connectivity index is 2.22. The van der Waals surface area contributed by atoms with Crippen molar-refractivity contribution in [2.75, 3.05) is 6.54 Å². The maximum Gasteiger partial charge on any atom is 0.138 e. The molecule has 1 saturated carbocycles. The number of rotatable bonds is 2. The van der Waals surface area contributed by atoms with E-state index < -0.39 is 0 Å². The summed E-state index contributed by atoms with van der Waals surface area (Å²) in [5.74, 6) is 0. The van der Waals surface area contributed by atoms with E-state index in [0.29, 0.717) is 6.54 Å². The maximum atomic E-state index is 6.05. The van der Waals surface area contributed by atoms with Gasteiger partial charge in [-0.2, -0.15) is 0 Å². The quantitative estimate of drug-likeness (QED) is 0.910. The van der Waals surface area contributed by atoms with Gasteiger partial charge in [0.1, 0.15) is 11.8 Å². The van der Waals surface area contributed by atoms with Gasteiger partial charge in [0.25, 0.3) is 0 Å². The molecule has 17 heavy (non-hydrogen) atoms. The molecular formula is C14H16BrNO. The van der Waals surface area contributed by atoms with Crippen LogP contribution in [0.4, 0.5) is 0 Å². The van der Waals surface area contributed by atoms with Gasteiger partial charge in [0, 0.05) is 22.9 Å². The highest BCUT2D eigenvalue weighted by molar-refractivity contribution is 9.10. The third kappa shape index (κ3) is 1.64. The van der Waals surface area contributed by atoms with Crippen molar-refractivity contribution in [2.24, 2.45) is 5.73 Å². The van der Waals surface area contributed by atoms with Crippen LogP contribution < -0.4 is 5.73 Å². The second-order valence-corrected chi connectivity index (χ2v) is 5.81. The molecule has 0 bridgehead atoms. The van der Waals surface area contributed by atoms with Crippen LogP contribution >= 0.6 is 15.9 Å². The Kier molecular flexibility index (Phi) is 2.75. The predicted molar refractivity (Wildman–Crippen MR) is 73.1 cm³/mol. The Hall–Kier alpha value is -0.800. The molecule has 1 aromatic carbocycles. The molecule has 2 nitrogen and oxygen atoms in total. The van der Waals surface area contributed by atoms with Crippen molar-refractivity contribution < 1.29 is 4.42 Å². The summed E-state index contributed by atoms with van der Waals surface area (Å²) in [7, 11) is 0. The second kappa shape index (κ2) is 4.14. The zero-order valence-corrected chi connectivity index (χ0v) is 11.3. The van der Waals surface area contributed by atoms with Gasteiger partial charge in [-0.1, -0.05) is 25.0 Å². The van der Waals surface area contributed by atoms with E-state index in [-0.39, 0.29) is 5.41 Å². The molecule has 0 aliphatic heterocycles. The number of furan rings is 1. The van der Waals surface area contributed by atoms with E-state index >= 15 is 0 Å². The molecule has 2 aromatic rings. The molecule has 0 spiro atoms. The lowest BCUT2D eigenvalue weighted by Crippen LogP contribution is -2.32. The first-order valence-electron chi connectivity index (χ1n) is 6.13. The SMILES string of the molecule is NCC1(c2cccc3c(Br)coc23)CCCC1. The highest BCUT2D eigenvalue weighted by Crippen LogP contribution is 2.44. The number of hydrogen-bond acceptors (Lipinski definition) is 2. The van der Waals surface area contributed by atoms with Gasteiger partial charge < -0.3 is 10.2 Å². The van der Waals surface area contributed by atoms with Crippen LogP contribution in [0.1, 0.15) is 31.2 Å². The number of para-hydroxylation sites is 1. The van der Waals surface area contributed by atoms with Crippen molar-refractivity contribution in [2.45, 2.75) is 31.1 Å². The van der Waals surface area contributed by atoms with E-state index in [1.54, 1.807) is 6.26 Å². The number of benzene rings is 1. The lowest BCUT2D eigenvalue weighted by atomic mass is 9.78. The van der Waals surface area contributed by atoms with Gasteiger partial charge in [-0.05, 0) is 34.8 Å². The Morgan fingerprint density at radius 3 is 2.76 bits per heavy atom. The molecule has 0 radical (unpaired) electrons. The summed E-state index contributed by atoms with van der Waals surface area (Å²) >= 11 is 3.52. The largest absolute Gasteiger partial charge is 0.463 e. The molecule has 1 heterocycles. The van der Waals surface area contributed by atoms with Crippen LogP contribution in [0, 0.1) is 0 Å². The minimum absolute atomic E-state index is 0.136. The number of hydrogen-bond donors (Lipinski definition) is 1. The molecule has 3 rings (SSSR count). The highest BCUT2D eigenvalue weighted by Gasteiger charge is 2.36. The standard InChI is InChI=1S/C14H16BrNO/c15-12-8-17-13-10(12)4-3-5-11(13)14(9-16)6-1-2-7-14/h3-5,8H,1-2,6-7,9,16H2. The fraction of sp³-hybridized carbons (Fsp3) is 0.429. The zero-order chi connectivity index (χ0) is 11.9. The average molecular weight is 294 g/mol. The van der Waals surface area contributed by atoms with E-state index in [1.165, 1.54) is 31.2 Å². The normalized spacial score (nSPS) is 18.9. The Labute approximate surface area is 109 Å². The predicted octanol–water partition coefficient (Wildman–Crippen LogP) is 3.97. The smallest absolute Gasteiger partial charge is 0.138 e. The van der Waals surface area contributed by atoms with Gasteiger partial charge in [0.05, 0.1) is 4.47 Å². The summed E-state index contributed by atoms with van der Waals surface area (Å²) in [6, 6.07) is 6.37. The molecule has 0 amide bonds. The molecule has 3 heteroatoms. The highest BCUT2D eigenvalue weighted by atomic mass is 79.9. The summed E-state index contributed by atoms with van der Waals surface area (Å²) in [5.41, 5.74) is 8.48. The minimum atomic E-state index is 0.136. The summed E-state index contributed by atoms with van der Waals surface area (Å²) in [6.45, 7) is 0.713. The molecule has 1 aliphatic rings. The summed E-state index contributed by atoms with van der Waals surface area (Å²) < 4.78 is 6.74. The van der Waals surface area contributed by atoms with Crippen molar-refractivity contribution in [3.63, 3.8) is 0 Å². The molecule has 1 fully saturated rings. The third-order valence-corrected chi connectivity index (χ3v) is 4.69. The monoisotopic (exact) mass is 293 g/mol. The summed E-state index contributed by atoms with van der Waals surface area (Å²) in [6.07, 6.45) is 6.68. The maximum absolute atomic E-state index is 6.05. The summed E-state index contributed by atoms with van der Waals surface area (Å²) in [4.78, 5) is 0. The Morgan fingerprint density at radius 1 is 1.29 bits per heavy atom. The van der Waals surface area contributed by atoms with Gasteiger partial charge in [-0.3, -0.25) is 0 Å². The van der Waals surface area contributed by atoms with Gasteiger partial charge in [0.15, 0.2) is 0 Å². The average Bonchev–Trinajstić information content (AvgIpc) is 2.97. The van der Waals surface area contributed by atoms with Crippen molar-refractivity contribution in [3.05, 3.63) is 34.5 Å². The van der Waals surface area contributed by atoms with Crippen LogP contribution in [0.3, 0.4) is 0 Å². The number of fused-ring (bicyclic) bond motifs is 1. The van der Waals surface area contributed by atoms with E-state index in [9.17, 15) is 0 Å². The van der Waals surface area contributed by atoms with Crippen LogP contribution in [0.5, 0.6) is 0 Å². The van der Waals surface area contributed by atoms with Crippen molar-refractivity contribution in [1.29, 1.82) is 0 Å². The fourth-order valence-electron chi connectivity index (χ4n) is 3.08. The lowest BCUT2D eigenvalue weighted by Gasteiger charge is -2.27.